The Labute approximate surface area is 169 Å². The summed E-state index contributed by atoms with van der Waals surface area (Å²) in [5.41, 5.74) is 1.61. The SMILES string of the molecule is Cc1c(C(=O)N(CCN(C)C)Cc2ccccc2F)cnn1-c1ccccc1F. The fourth-order valence-electron chi connectivity index (χ4n) is 3.06. The highest BCUT2D eigenvalue weighted by atomic mass is 19.1. The number of halogens is 2. The van der Waals surface area contributed by atoms with Gasteiger partial charge in [0.1, 0.15) is 17.3 Å². The minimum Gasteiger partial charge on any atom is -0.333 e. The first-order chi connectivity index (χ1) is 13.9. The van der Waals surface area contributed by atoms with Crippen LogP contribution in [-0.2, 0) is 6.54 Å². The van der Waals surface area contributed by atoms with Gasteiger partial charge in [0.05, 0.1) is 17.5 Å². The van der Waals surface area contributed by atoms with Crippen molar-refractivity contribution >= 4 is 5.91 Å². The average molecular weight is 398 g/mol. The Morgan fingerprint density at radius 3 is 2.31 bits per heavy atom. The van der Waals surface area contributed by atoms with Crippen LogP contribution in [0.25, 0.3) is 5.69 Å². The monoisotopic (exact) mass is 398 g/mol. The molecule has 0 atom stereocenters. The van der Waals surface area contributed by atoms with Crippen LogP contribution in [0, 0.1) is 18.6 Å². The van der Waals surface area contributed by atoms with E-state index in [9.17, 15) is 13.6 Å². The zero-order valence-electron chi connectivity index (χ0n) is 16.8. The number of hydrogen-bond donors (Lipinski definition) is 0. The number of para-hydroxylation sites is 1. The van der Waals surface area contributed by atoms with E-state index in [2.05, 4.69) is 5.10 Å². The van der Waals surface area contributed by atoms with Crippen LogP contribution >= 0.6 is 0 Å². The molecule has 5 nitrogen and oxygen atoms in total. The highest BCUT2D eigenvalue weighted by Crippen LogP contribution is 2.20. The molecule has 1 aromatic heterocycles. The fraction of sp³-hybridized carbons (Fsp3) is 0.273. The zero-order chi connectivity index (χ0) is 21.0. The van der Waals surface area contributed by atoms with Crippen molar-refractivity contribution in [1.82, 2.24) is 19.6 Å². The first kappa shape index (κ1) is 20.7. The number of benzene rings is 2. The number of aromatic nitrogens is 2. The second-order valence-corrected chi connectivity index (χ2v) is 7.13. The molecule has 1 amide bonds. The van der Waals surface area contributed by atoms with Gasteiger partial charge in [-0.1, -0.05) is 30.3 Å². The quantitative estimate of drug-likeness (QED) is 0.610. The summed E-state index contributed by atoms with van der Waals surface area (Å²) in [6.07, 6.45) is 1.44. The second kappa shape index (κ2) is 8.96. The molecule has 3 aromatic rings. The van der Waals surface area contributed by atoms with Crippen molar-refractivity contribution in [3.8, 4) is 5.69 Å². The van der Waals surface area contributed by atoms with Gasteiger partial charge in [-0.05, 0) is 39.2 Å². The Kier molecular flexibility index (Phi) is 6.39. The molecule has 1 heterocycles. The Hall–Kier alpha value is -3.06. The van der Waals surface area contributed by atoms with Crippen LogP contribution in [0.2, 0.25) is 0 Å². The summed E-state index contributed by atoms with van der Waals surface area (Å²) in [7, 11) is 3.82. The molecular formula is C22H24F2N4O. The van der Waals surface area contributed by atoms with Gasteiger partial charge in [0.2, 0.25) is 0 Å². The summed E-state index contributed by atoms with van der Waals surface area (Å²) in [5.74, 6) is -1.04. The average Bonchev–Trinajstić information content (AvgIpc) is 3.07. The number of nitrogens with zero attached hydrogens (tertiary/aromatic N) is 4. The Morgan fingerprint density at radius 2 is 1.66 bits per heavy atom. The number of carbonyl (C=O) groups excluding carboxylic acids is 1. The maximum absolute atomic E-state index is 14.2. The van der Waals surface area contributed by atoms with Gasteiger partial charge in [0.15, 0.2) is 0 Å². The molecule has 0 saturated heterocycles. The maximum Gasteiger partial charge on any atom is 0.257 e. The number of amides is 1. The van der Waals surface area contributed by atoms with Crippen LogP contribution in [0.5, 0.6) is 0 Å². The summed E-state index contributed by atoms with van der Waals surface area (Å²) in [4.78, 5) is 16.8. The minimum atomic E-state index is -0.423. The number of likely N-dealkylation sites (N-methyl/N-ethyl adjacent to an activating group) is 1. The van der Waals surface area contributed by atoms with E-state index in [4.69, 9.17) is 0 Å². The first-order valence-corrected chi connectivity index (χ1v) is 9.35. The topological polar surface area (TPSA) is 41.4 Å². The lowest BCUT2D eigenvalue weighted by Crippen LogP contribution is -2.36. The van der Waals surface area contributed by atoms with Gasteiger partial charge in [-0.15, -0.1) is 0 Å². The fourth-order valence-corrected chi connectivity index (χ4v) is 3.06. The highest BCUT2D eigenvalue weighted by Gasteiger charge is 2.23. The third-order valence-corrected chi connectivity index (χ3v) is 4.74. The molecule has 0 unspecified atom stereocenters. The molecule has 0 fully saturated rings. The van der Waals surface area contributed by atoms with Crippen LogP contribution in [0.15, 0.2) is 54.7 Å². The van der Waals surface area contributed by atoms with Crippen molar-refractivity contribution in [1.29, 1.82) is 0 Å². The van der Waals surface area contributed by atoms with Crippen molar-refractivity contribution in [3.63, 3.8) is 0 Å². The molecule has 0 bridgehead atoms. The number of carbonyl (C=O) groups is 1. The third-order valence-electron chi connectivity index (χ3n) is 4.74. The highest BCUT2D eigenvalue weighted by molar-refractivity contribution is 5.95. The maximum atomic E-state index is 14.2. The van der Waals surface area contributed by atoms with E-state index in [0.29, 0.717) is 29.9 Å². The van der Waals surface area contributed by atoms with E-state index in [1.54, 1.807) is 48.2 Å². The first-order valence-electron chi connectivity index (χ1n) is 9.35. The summed E-state index contributed by atoms with van der Waals surface area (Å²) in [6, 6.07) is 12.7. The molecule has 0 spiro atoms. The molecule has 3 rings (SSSR count). The van der Waals surface area contributed by atoms with Gasteiger partial charge < -0.3 is 9.80 Å². The lowest BCUT2D eigenvalue weighted by atomic mass is 10.1. The smallest absolute Gasteiger partial charge is 0.257 e. The van der Waals surface area contributed by atoms with Crippen molar-refractivity contribution in [3.05, 3.63) is 83.2 Å². The van der Waals surface area contributed by atoms with Crippen LogP contribution in [-0.4, -0.2) is 52.7 Å². The predicted molar refractivity (Wildman–Crippen MR) is 108 cm³/mol. The van der Waals surface area contributed by atoms with Crippen LogP contribution < -0.4 is 0 Å². The molecule has 2 aromatic carbocycles. The van der Waals surface area contributed by atoms with Crippen LogP contribution in [0.1, 0.15) is 21.6 Å². The van der Waals surface area contributed by atoms with Gasteiger partial charge in [-0.3, -0.25) is 4.79 Å². The van der Waals surface area contributed by atoms with Gasteiger partial charge in [0, 0.05) is 25.2 Å². The number of hydrogen-bond acceptors (Lipinski definition) is 3. The largest absolute Gasteiger partial charge is 0.333 e. The Morgan fingerprint density at radius 1 is 1.00 bits per heavy atom. The summed E-state index contributed by atoms with van der Waals surface area (Å²) < 4.78 is 29.7. The van der Waals surface area contributed by atoms with E-state index in [1.807, 2.05) is 19.0 Å². The molecule has 0 aliphatic heterocycles. The lowest BCUT2D eigenvalue weighted by molar-refractivity contribution is 0.0729. The molecule has 0 N–H and O–H groups in total. The predicted octanol–water partition coefficient (Wildman–Crippen LogP) is 3.66. The Balaban J connectivity index is 1.91. The van der Waals surface area contributed by atoms with Crippen molar-refractivity contribution < 1.29 is 13.6 Å². The van der Waals surface area contributed by atoms with E-state index < -0.39 is 5.82 Å². The summed E-state index contributed by atoms with van der Waals surface area (Å²) in [6.45, 7) is 2.91. The summed E-state index contributed by atoms with van der Waals surface area (Å²) >= 11 is 0. The molecular weight excluding hydrogens is 374 g/mol. The second-order valence-electron chi connectivity index (χ2n) is 7.13. The van der Waals surface area contributed by atoms with Gasteiger partial charge in [0.25, 0.3) is 5.91 Å². The molecule has 7 heteroatoms. The molecule has 0 aliphatic carbocycles. The zero-order valence-corrected chi connectivity index (χ0v) is 16.8. The molecule has 0 aliphatic rings. The molecule has 0 saturated carbocycles. The van der Waals surface area contributed by atoms with Gasteiger partial charge in [-0.2, -0.15) is 5.10 Å². The third kappa shape index (κ3) is 4.68. The Bertz CT molecular complexity index is 1000. The van der Waals surface area contributed by atoms with E-state index in [-0.39, 0.29) is 24.0 Å². The lowest BCUT2D eigenvalue weighted by Gasteiger charge is -2.24. The van der Waals surface area contributed by atoms with Gasteiger partial charge in [-0.25, -0.2) is 13.5 Å². The van der Waals surface area contributed by atoms with E-state index in [0.717, 1.165) is 0 Å². The van der Waals surface area contributed by atoms with Crippen molar-refractivity contribution in [2.45, 2.75) is 13.5 Å². The normalized spacial score (nSPS) is 11.1. The molecule has 0 radical (unpaired) electrons. The standard InChI is InChI=1S/C22H24F2N4O/c1-16-18(14-25-28(16)21-11-7-6-10-20(21)24)22(29)27(13-12-26(2)3)15-17-8-4-5-9-19(17)23/h4-11,14H,12-13,15H2,1-3H3. The van der Waals surface area contributed by atoms with E-state index in [1.165, 1.54) is 23.0 Å². The molecule has 29 heavy (non-hydrogen) atoms. The van der Waals surface area contributed by atoms with Crippen molar-refractivity contribution in [2.75, 3.05) is 27.2 Å². The van der Waals surface area contributed by atoms with Crippen LogP contribution in [0.4, 0.5) is 8.78 Å². The molecule has 152 valence electrons. The van der Waals surface area contributed by atoms with Gasteiger partial charge >= 0.3 is 0 Å². The van der Waals surface area contributed by atoms with Crippen LogP contribution in [0.3, 0.4) is 0 Å². The van der Waals surface area contributed by atoms with E-state index >= 15 is 0 Å². The van der Waals surface area contributed by atoms with Crippen molar-refractivity contribution in [2.24, 2.45) is 0 Å². The minimum absolute atomic E-state index is 0.143. The number of rotatable bonds is 7. The summed E-state index contributed by atoms with van der Waals surface area (Å²) in [5, 5.41) is 4.21.